The third kappa shape index (κ3) is 4.90. The molecule has 0 radical (unpaired) electrons. The van der Waals surface area contributed by atoms with Gasteiger partial charge in [-0.1, -0.05) is 147 Å². The fourth-order valence-electron chi connectivity index (χ4n) is 9.63. The molecule has 0 fully saturated rings. The number of nitrogens with zero attached hydrogens (tertiary/aromatic N) is 1. The summed E-state index contributed by atoms with van der Waals surface area (Å²) in [7, 11) is 0. The molecule has 2 aromatic heterocycles. The highest BCUT2D eigenvalue weighted by Gasteiger charge is 2.36. The Morgan fingerprint density at radius 3 is 1.98 bits per heavy atom. The van der Waals surface area contributed by atoms with E-state index < -0.39 is 0 Å². The summed E-state index contributed by atoms with van der Waals surface area (Å²) in [5.41, 5.74) is 15.0. The van der Waals surface area contributed by atoms with Crippen LogP contribution in [0, 0.1) is 0 Å². The summed E-state index contributed by atoms with van der Waals surface area (Å²) in [5, 5.41) is 7.22. The number of hydrogen-bond acceptors (Lipinski definition) is 3. The molecule has 1 aliphatic carbocycles. The molecule has 9 aromatic carbocycles. The van der Waals surface area contributed by atoms with E-state index in [0.29, 0.717) is 0 Å². The zero-order valence-electron chi connectivity index (χ0n) is 32.2. The number of anilines is 3. The summed E-state index contributed by atoms with van der Waals surface area (Å²) in [6.45, 7) is 4.70. The van der Waals surface area contributed by atoms with E-state index in [9.17, 15) is 0 Å². The van der Waals surface area contributed by atoms with E-state index in [1.165, 1.54) is 69.9 Å². The zero-order valence-corrected chi connectivity index (χ0v) is 33.0. The number of fused-ring (bicyclic) bond motifs is 10. The molecular formula is C55H37NOS. The molecule has 2 heterocycles. The molecule has 0 N–H and O–H groups in total. The van der Waals surface area contributed by atoms with Gasteiger partial charge in [-0.3, -0.25) is 0 Å². The molecular weight excluding hydrogens is 723 g/mol. The molecule has 0 amide bonds. The molecule has 58 heavy (non-hydrogen) atoms. The van der Waals surface area contributed by atoms with Gasteiger partial charge in [0.1, 0.15) is 11.2 Å². The third-order valence-electron chi connectivity index (χ3n) is 12.5. The summed E-state index contributed by atoms with van der Waals surface area (Å²) in [4.78, 5) is 2.39. The Hall–Kier alpha value is -6.94. The van der Waals surface area contributed by atoms with Crippen LogP contribution in [0.2, 0.25) is 0 Å². The van der Waals surface area contributed by atoms with Gasteiger partial charge in [-0.25, -0.2) is 0 Å². The van der Waals surface area contributed by atoms with Gasteiger partial charge in [0.2, 0.25) is 0 Å². The number of hydrogen-bond donors (Lipinski definition) is 0. The second-order valence-electron chi connectivity index (χ2n) is 16.1. The minimum absolute atomic E-state index is 0.122. The molecule has 274 valence electrons. The van der Waals surface area contributed by atoms with Gasteiger partial charge in [0, 0.05) is 70.6 Å². The number of rotatable bonds is 5. The fraction of sp³-hybridized carbons (Fsp3) is 0.0545. The summed E-state index contributed by atoms with van der Waals surface area (Å²) in [5.74, 6) is 0. The first-order chi connectivity index (χ1) is 28.5. The Morgan fingerprint density at radius 1 is 0.448 bits per heavy atom. The van der Waals surface area contributed by atoms with Crippen LogP contribution in [0.5, 0.6) is 0 Å². The van der Waals surface area contributed by atoms with Crippen LogP contribution in [-0.4, -0.2) is 0 Å². The van der Waals surface area contributed by atoms with Gasteiger partial charge in [-0.2, -0.15) is 0 Å². The second kappa shape index (κ2) is 12.5. The van der Waals surface area contributed by atoms with Crippen LogP contribution in [0.15, 0.2) is 192 Å². The van der Waals surface area contributed by atoms with Crippen molar-refractivity contribution in [1.29, 1.82) is 0 Å². The van der Waals surface area contributed by atoms with Gasteiger partial charge >= 0.3 is 0 Å². The van der Waals surface area contributed by atoms with Crippen LogP contribution in [0.25, 0.3) is 86.3 Å². The van der Waals surface area contributed by atoms with Crippen LogP contribution >= 0.6 is 11.3 Å². The van der Waals surface area contributed by atoms with Gasteiger partial charge in [-0.15, -0.1) is 11.3 Å². The van der Waals surface area contributed by atoms with Crippen LogP contribution in [-0.2, 0) is 5.41 Å². The minimum atomic E-state index is -0.122. The molecule has 3 heteroatoms. The summed E-state index contributed by atoms with van der Waals surface area (Å²) >= 11 is 1.86. The Morgan fingerprint density at radius 2 is 1.10 bits per heavy atom. The van der Waals surface area contributed by atoms with E-state index >= 15 is 0 Å². The quantitative estimate of drug-likeness (QED) is 0.174. The van der Waals surface area contributed by atoms with Crippen LogP contribution in [0.3, 0.4) is 0 Å². The van der Waals surface area contributed by atoms with Gasteiger partial charge in [0.05, 0.1) is 0 Å². The van der Waals surface area contributed by atoms with E-state index in [4.69, 9.17) is 4.42 Å². The molecule has 0 atom stereocenters. The largest absolute Gasteiger partial charge is 0.455 e. The highest BCUT2D eigenvalue weighted by molar-refractivity contribution is 7.26. The van der Waals surface area contributed by atoms with Crippen LogP contribution < -0.4 is 4.90 Å². The fourth-order valence-corrected chi connectivity index (χ4v) is 10.8. The Kier molecular flexibility index (Phi) is 7.18. The van der Waals surface area contributed by atoms with Gasteiger partial charge < -0.3 is 9.32 Å². The lowest BCUT2D eigenvalue weighted by Gasteiger charge is -2.28. The first kappa shape index (κ1) is 33.2. The maximum Gasteiger partial charge on any atom is 0.143 e. The van der Waals surface area contributed by atoms with Crippen molar-refractivity contribution in [3.63, 3.8) is 0 Å². The standard InChI is InChI=1S/C55H37NOS/c1-55(2)48-21-10-8-17-41(48)42-29-27-38(32-49(42)55)56(37-25-23-35(24-26-37)34-13-4-3-5-14-34)39-28-30-43-47-31-36-15-6-7-16-40(36)52(53(47)57-50(43)33-39)46-20-12-19-45-44-18-9-11-22-51(44)58-54(45)46/h3-33H,1-2H3. The summed E-state index contributed by atoms with van der Waals surface area (Å²) in [6, 6.07) is 68.7. The van der Waals surface area contributed by atoms with Crippen molar-refractivity contribution >= 4 is 81.3 Å². The third-order valence-corrected chi connectivity index (χ3v) is 13.7. The van der Waals surface area contributed by atoms with Crippen molar-refractivity contribution in [2.75, 3.05) is 4.90 Å². The normalized spacial score (nSPS) is 13.1. The highest BCUT2D eigenvalue weighted by Crippen LogP contribution is 2.52. The van der Waals surface area contributed by atoms with Crippen molar-refractivity contribution < 1.29 is 4.42 Å². The molecule has 11 aromatic rings. The van der Waals surface area contributed by atoms with Crippen LogP contribution in [0.4, 0.5) is 17.1 Å². The molecule has 0 saturated heterocycles. The van der Waals surface area contributed by atoms with Crippen molar-refractivity contribution in [2.45, 2.75) is 19.3 Å². The molecule has 0 saturated carbocycles. The molecule has 1 aliphatic rings. The Balaban J connectivity index is 1.07. The topological polar surface area (TPSA) is 16.4 Å². The molecule has 0 aliphatic heterocycles. The molecule has 0 spiro atoms. The Labute approximate surface area is 340 Å². The lowest BCUT2D eigenvalue weighted by molar-refractivity contribution is 0.660. The SMILES string of the molecule is CC1(C)c2ccccc2-c2ccc(N(c3ccc(-c4ccccc4)cc3)c3ccc4c(c3)oc3c(-c5cccc6c5sc5ccccc56)c5ccccc5cc34)cc21. The van der Waals surface area contributed by atoms with E-state index in [-0.39, 0.29) is 5.41 Å². The predicted molar refractivity (Wildman–Crippen MR) is 247 cm³/mol. The first-order valence-corrected chi connectivity index (χ1v) is 20.8. The summed E-state index contributed by atoms with van der Waals surface area (Å²) in [6.07, 6.45) is 0. The van der Waals surface area contributed by atoms with Crippen molar-refractivity contribution in [2.24, 2.45) is 0 Å². The average molecular weight is 760 g/mol. The lowest BCUT2D eigenvalue weighted by Crippen LogP contribution is -2.16. The number of furan rings is 1. The van der Waals surface area contributed by atoms with E-state index in [1.807, 2.05) is 11.3 Å². The average Bonchev–Trinajstić information content (AvgIpc) is 3.91. The van der Waals surface area contributed by atoms with Crippen LogP contribution in [0.1, 0.15) is 25.0 Å². The monoisotopic (exact) mass is 759 g/mol. The van der Waals surface area contributed by atoms with Crippen molar-refractivity contribution in [1.82, 2.24) is 0 Å². The molecule has 12 rings (SSSR count). The predicted octanol–water partition coefficient (Wildman–Crippen LogP) is 16.2. The van der Waals surface area contributed by atoms with E-state index in [1.54, 1.807) is 0 Å². The molecule has 2 nitrogen and oxygen atoms in total. The van der Waals surface area contributed by atoms with E-state index in [2.05, 4.69) is 207 Å². The van der Waals surface area contributed by atoms with E-state index in [0.717, 1.165) is 44.6 Å². The van der Waals surface area contributed by atoms with Crippen molar-refractivity contribution in [3.05, 3.63) is 199 Å². The number of benzene rings is 9. The minimum Gasteiger partial charge on any atom is -0.455 e. The lowest BCUT2D eigenvalue weighted by atomic mass is 9.82. The van der Waals surface area contributed by atoms with Crippen molar-refractivity contribution in [3.8, 4) is 33.4 Å². The molecule has 0 bridgehead atoms. The highest BCUT2D eigenvalue weighted by atomic mass is 32.1. The van der Waals surface area contributed by atoms with Gasteiger partial charge in [0.15, 0.2) is 0 Å². The molecule has 0 unspecified atom stereocenters. The maximum atomic E-state index is 7.14. The first-order valence-electron chi connectivity index (χ1n) is 20.0. The smallest absolute Gasteiger partial charge is 0.143 e. The number of thiophene rings is 1. The second-order valence-corrected chi connectivity index (χ2v) is 17.1. The zero-order chi connectivity index (χ0) is 38.5. The Bertz CT molecular complexity index is 3420. The maximum absolute atomic E-state index is 7.14. The summed E-state index contributed by atoms with van der Waals surface area (Å²) < 4.78 is 9.72. The van der Waals surface area contributed by atoms with Gasteiger partial charge in [-0.05, 0) is 92.7 Å². The van der Waals surface area contributed by atoms with Gasteiger partial charge in [0.25, 0.3) is 0 Å².